The number of hydrogen-bond acceptors (Lipinski definition) is 4. The van der Waals surface area contributed by atoms with Crippen LogP contribution < -0.4 is 5.32 Å². The average Bonchev–Trinajstić information content (AvgIpc) is 2.73. The molecule has 3 rings (SSSR count). The predicted octanol–water partition coefficient (Wildman–Crippen LogP) is 3.24. The standard InChI is InChI=1S/C22H35N3O3S/c1-18-9-5-8-16-25(18)29(27,28)20-12-10-19(11-13-20)21(26)23-17-22(2,3)24-14-6-4-7-15-24/h10-13,18H,4-9,14-17H2,1-3H3,(H,23,26). The first-order valence-corrected chi connectivity index (χ1v) is 12.3. The summed E-state index contributed by atoms with van der Waals surface area (Å²) in [5.41, 5.74) is 0.397. The van der Waals surface area contributed by atoms with Crippen molar-refractivity contribution in [3.05, 3.63) is 29.8 Å². The third-order valence-electron chi connectivity index (χ3n) is 6.36. The molecule has 0 spiro atoms. The topological polar surface area (TPSA) is 69.7 Å². The highest BCUT2D eigenvalue weighted by Crippen LogP contribution is 2.25. The van der Waals surface area contributed by atoms with Crippen molar-refractivity contribution in [1.82, 2.24) is 14.5 Å². The average molecular weight is 422 g/mol. The van der Waals surface area contributed by atoms with Gasteiger partial charge in [0.1, 0.15) is 0 Å². The molecule has 2 aliphatic rings. The number of likely N-dealkylation sites (tertiary alicyclic amines) is 1. The number of nitrogens with zero attached hydrogens (tertiary/aromatic N) is 2. The van der Waals surface area contributed by atoms with E-state index in [1.165, 1.54) is 19.3 Å². The minimum absolute atomic E-state index is 0.0220. The maximum Gasteiger partial charge on any atom is 0.251 e. The molecule has 2 saturated heterocycles. The van der Waals surface area contributed by atoms with E-state index in [1.807, 2.05) is 6.92 Å². The number of carbonyl (C=O) groups excluding carboxylic acids is 1. The van der Waals surface area contributed by atoms with Gasteiger partial charge < -0.3 is 5.32 Å². The molecule has 6 nitrogen and oxygen atoms in total. The van der Waals surface area contributed by atoms with Crippen molar-refractivity contribution in [2.75, 3.05) is 26.2 Å². The van der Waals surface area contributed by atoms with Crippen LogP contribution in [0.1, 0.15) is 69.7 Å². The lowest BCUT2D eigenvalue weighted by molar-refractivity contribution is 0.0797. The van der Waals surface area contributed by atoms with Gasteiger partial charge in [-0.2, -0.15) is 4.31 Å². The fourth-order valence-corrected chi connectivity index (χ4v) is 6.05. The number of sulfonamides is 1. The van der Waals surface area contributed by atoms with E-state index in [1.54, 1.807) is 28.6 Å². The van der Waals surface area contributed by atoms with E-state index in [4.69, 9.17) is 0 Å². The molecule has 1 atom stereocenters. The van der Waals surface area contributed by atoms with Crippen molar-refractivity contribution in [1.29, 1.82) is 0 Å². The Morgan fingerprint density at radius 3 is 2.28 bits per heavy atom. The molecule has 1 N–H and O–H groups in total. The molecule has 2 fully saturated rings. The molecule has 29 heavy (non-hydrogen) atoms. The lowest BCUT2D eigenvalue weighted by Crippen LogP contribution is -2.53. The van der Waals surface area contributed by atoms with Crippen molar-refractivity contribution >= 4 is 15.9 Å². The molecule has 1 aromatic rings. The van der Waals surface area contributed by atoms with Crippen LogP contribution in [0, 0.1) is 0 Å². The molecule has 0 bridgehead atoms. The summed E-state index contributed by atoms with van der Waals surface area (Å²) in [4.78, 5) is 15.3. The Hall–Kier alpha value is -1.44. The van der Waals surface area contributed by atoms with Gasteiger partial charge in [0, 0.05) is 30.2 Å². The minimum Gasteiger partial charge on any atom is -0.350 e. The number of piperidine rings is 2. The minimum atomic E-state index is -3.51. The van der Waals surface area contributed by atoms with E-state index in [0.717, 1.165) is 32.4 Å². The first-order chi connectivity index (χ1) is 13.7. The van der Waals surface area contributed by atoms with E-state index in [-0.39, 0.29) is 22.4 Å². The normalized spacial score (nSPS) is 22.4. The largest absolute Gasteiger partial charge is 0.350 e. The Morgan fingerprint density at radius 2 is 1.66 bits per heavy atom. The summed E-state index contributed by atoms with van der Waals surface area (Å²) in [6.45, 7) is 9.56. The molecule has 0 aromatic heterocycles. The predicted molar refractivity (Wildman–Crippen MR) is 115 cm³/mol. The van der Waals surface area contributed by atoms with Gasteiger partial charge in [-0.05, 0) is 83.8 Å². The summed E-state index contributed by atoms with van der Waals surface area (Å²) < 4.78 is 27.5. The summed E-state index contributed by atoms with van der Waals surface area (Å²) in [6, 6.07) is 6.37. The van der Waals surface area contributed by atoms with Gasteiger partial charge in [0.15, 0.2) is 0 Å². The molecule has 1 aromatic carbocycles. The first kappa shape index (κ1) is 22.2. The second kappa shape index (κ2) is 9.14. The van der Waals surface area contributed by atoms with Gasteiger partial charge in [0.2, 0.25) is 10.0 Å². The monoisotopic (exact) mass is 421 g/mol. The SMILES string of the molecule is CC1CCCCN1S(=O)(=O)c1ccc(C(=O)NCC(C)(C)N2CCCCC2)cc1. The smallest absolute Gasteiger partial charge is 0.251 e. The van der Waals surface area contributed by atoms with Crippen molar-refractivity contribution in [2.24, 2.45) is 0 Å². The third kappa shape index (κ3) is 5.19. The summed E-state index contributed by atoms with van der Waals surface area (Å²) in [7, 11) is -3.51. The highest BCUT2D eigenvalue weighted by Gasteiger charge is 2.31. The zero-order chi connectivity index (χ0) is 21.1. The van der Waals surface area contributed by atoms with Crippen LogP contribution in [0.3, 0.4) is 0 Å². The van der Waals surface area contributed by atoms with Gasteiger partial charge in [-0.3, -0.25) is 9.69 Å². The number of hydrogen-bond donors (Lipinski definition) is 1. The fourth-order valence-electron chi connectivity index (χ4n) is 4.35. The van der Waals surface area contributed by atoms with Crippen molar-refractivity contribution in [3.63, 3.8) is 0 Å². The van der Waals surface area contributed by atoms with Gasteiger partial charge in [-0.25, -0.2) is 8.42 Å². The van der Waals surface area contributed by atoms with Crippen LogP contribution in [-0.2, 0) is 10.0 Å². The van der Waals surface area contributed by atoms with Crippen LogP contribution in [0.2, 0.25) is 0 Å². The Bertz CT molecular complexity index is 799. The maximum absolute atomic E-state index is 12.9. The first-order valence-electron chi connectivity index (χ1n) is 10.9. The van der Waals surface area contributed by atoms with Crippen LogP contribution >= 0.6 is 0 Å². The molecule has 2 aliphatic heterocycles. The fraction of sp³-hybridized carbons (Fsp3) is 0.682. The molecule has 1 amide bonds. The van der Waals surface area contributed by atoms with Crippen molar-refractivity contribution < 1.29 is 13.2 Å². The molecule has 0 aliphatic carbocycles. The zero-order valence-electron chi connectivity index (χ0n) is 18.0. The van der Waals surface area contributed by atoms with Crippen LogP contribution in [0.15, 0.2) is 29.2 Å². The molecule has 1 unspecified atom stereocenters. The van der Waals surface area contributed by atoms with Crippen LogP contribution in [0.5, 0.6) is 0 Å². The zero-order valence-corrected chi connectivity index (χ0v) is 18.8. The molecule has 7 heteroatoms. The number of carbonyl (C=O) groups is 1. The Balaban J connectivity index is 1.62. The highest BCUT2D eigenvalue weighted by molar-refractivity contribution is 7.89. The van der Waals surface area contributed by atoms with Gasteiger partial charge in [0.05, 0.1) is 4.90 Å². The van der Waals surface area contributed by atoms with E-state index < -0.39 is 10.0 Å². The van der Waals surface area contributed by atoms with Crippen molar-refractivity contribution in [2.45, 2.75) is 75.8 Å². The number of amides is 1. The molecular formula is C22H35N3O3S. The summed E-state index contributed by atoms with van der Waals surface area (Å²) >= 11 is 0. The van der Waals surface area contributed by atoms with Gasteiger partial charge in [0.25, 0.3) is 5.91 Å². The molecule has 0 radical (unpaired) electrons. The number of benzene rings is 1. The second-order valence-electron chi connectivity index (χ2n) is 9.03. The van der Waals surface area contributed by atoms with Crippen LogP contribution in [0.25, 0.3) is 0 Å². The van der Waals surface area contributed by atoms with E-state index in [0.29, 0.717) is 18.7 Å². The molecule has 2 heterocycles. The lowest BCUT2D eigenvalue weighted by atomic mass is 9.98. The van der Waals surface area contributed by atoms with E-state index in [9.17, 15) is 13.2 Å². The van der Waals surface area contributed by atoms with Gasteiger partial charge in [-0.15, -0.1) is 0 Å². The summed E-state index contributed by atoms with van der Waals surface area (Å²) in [5.74, 6) is -0.162. The van der Waals surface area contributed by atoms with Gasteiger partial charge in [-0.1, -0.05) is 12.8 Å². The highest BCUT2D eigenvalue weighted by atomic mass is 32.2. The van der Waals surface area contributed by atoms with E-state index >= 15 is 0 Å². The lowest BCUT2D eigenvalue weighted by Gasteiger charge is -2.41. The maximum atomic E-state index is 12.9. The van der Waals surface area contributed by atoms with Crippen LogP contribution in [-0.4, -0.2) is 61.3 Å². The molecular weight excluding hydrogens is 386 g/mol. The van der Waals surface area contributed by atoms with Crippen molar-refractivity contribution in [3.8, 4) is 0 Å². The molecule has 162 valence electrons. The Labute approximate surface area is 175 Å². The third-order valence-corrected chi connectivity index (χ3v) is 8.39. The Kier molecular flexibility index (Phi) is 7.02. The van der Waals surface area contributed by atoms with Crippen LogP contribution in [0.4, 0.5) is 0 Å². The molecule has 0 saturated carbocycles. The second-order valence-corrected chi connectivity index (χ2v) is 10.9. The Morgan fingerprint density at radius 1 is 1.03 bits per heavy atom. The quantitative estimate of drug-likeness (QED) is 0.766. The van der Waals surface area contributed by atoms with Gasteiger partial charge >= 0.3 is 0 Å². The van der Waals surface area contributed by atoms with E-state index in [2.05, 4.69) is 24.1 Å². The number of nitrogens with one attached hydrogen (secondary N) is 1. The number of rotatable bonds is 6. The summed E-state index contributed by atoms with van der Waals surface area (Å²) in [5, 5.41) is 3.02. The summed E-state index contributed by atoms with van der Waals surface area (Å²) in [6.07, 6.45) is 6.57.